The van der Waals surface area contributed by atoms with E-state index < -0.39 is 0 Å². The van der Waals surface area contributed by atoms with Crippen molar-refractivity contribution in [2.24, 2.45) is 12.8 Å². The zero-order chi connectivity index (χ0) is 13.0. The highest BCUT2D eigenvalue weighted by atomic mass is 16.5. The third kappa shape index (κ3) is 2.71. The lowest BCUT2D eigenvalue weighted by Crippen LogP contribution is -2.11. The molecule has 2 rings (SSSR count). The Hall–Kier alpha value is -1.81. The summed E-state index contributed by atoms with van der Waals surface area (Å²) in [6.07, 6.45) is 4.56. The molecule has 0 saturated heterocycles. The average Bonchev–Trinajstić information content (AvgIpc) is 2.81. The van der Waals surface area contributed by atoms with Crippen LogP contribution in [0.15, 0.2) is 36.7 Å². The molecule has 0 bridgehead atoms. The zero-order valence-electron chi connectivity index (χ0n) is 10.8. The largest absolute Gasteiger partial charge is 0.485 e. The second-order valence-electron chi connectivity index (χ2n) is 4.30. The highest BCUT2D eigenvalue weighted by Gasteiger charge is 2.10. The van der Waals surface area contributed by atoms with Crippen LogP contribution < -0.4 is 10.5 Å². The molecule has 0 aliphatic heterocycles. The van der Waals surface area contributed by atoms with E-state index in [1.165, 1.54) is 0 Å². The average molecular weight is 245 g/mol. The number of nitrogens with two attached hydrogens (primary N) is 1. The summed E-state index contributed by atoms with van der Waals surface area (Å²) in [6, 6.07) is 7.93. The van der Waals surface area contributed by atoms with Crippen LogP contribution in [-0.2, 0) is 13.7 Å². The van der Waals surface area contributed by atoms with E-state index >= 15 is 0 Å². The molecule has 0 radical (unpaired) electrons. The molecule has 0 unspecified atom stereocenters. The predicted molar refractivity (Wildman–Crippen MR) is 71.2 cm³/mol. The second kappa shape index (κ2) is 5.69. The van der Waals surface area contributed by atoms with Gasteiger partial charge in [0.15, 0.2) is 0 Å². The monoisotopic (exact) mass is 245 g/mol. The van der Waals surface area contributed by atoms with Crippen LogP contribution in [0.2, 0.25) is 0 Å². The van der Waals surface area contributed by atoms with Gasteiger partial charge in [0.25, 0.3) is 0 Å². The Morgan fingerprint density at radius 1 is 1.39 bits per heavy atom. The van der Waals surface area contributed by atoms with Gasteiger partial charge >= 0.3 is 0 Å². The van der Waals surface area contributed by atoms with E-state index in [-0.39, 0.29) is 6.04 Å². The molecule has 18 heavy (non-hydrogen) atoms. The minimum atomic E-state index is 0.0163. The number of ether oxygens (including phenoxy) is 1. The van der Waals surface area contributed by atoms with Crippen molar-refractivity contribution >= 4 is 0 Å². The van der Waals surface area contributed by atoms with E-state index in [2.05, 4.69) is 11.9 Å². The molecule has 1 heterocycles. The summed E-state index contributed by atoms with van der Waals surface area (Å²) in [6.45, 7) is 2.52. The number of aromatic nitrogens is 2. The molecular weight excluding hydrogens is 226 g/mol. The van der Waals surface area contributed by atoms with E-state index in [4.69, 9.17) is 10.5 Å². The maximum Gasteiger partial charge on any atom is 0.146 e. The fourth-order valence-electron chi connectivity index (χ4n) is 1.82. The molecule has 0 aliphatic rings. The summed E-state index contributed by atoms with van der Waals surface area (Å²) in [5.74, 6) is 1.74. The molecule has 1 aromatic carbocycles. The first-order valence-corrected chi connectivity index (χ1v) is 6.16. The van der Waals surface area contributed by atoms with Gasteiger partial charge in [0.1, 0.15) is 18.2 Å². The molecule has 4 nitrogen and oxygen atoms in total. The zero-order valence-corrected chi connectivity index (χ0v) is 10.8. The number of aryl methyl sites for hydroxylation is 1. The Balaban J connectivity index is 2.12. The SMILES string of the molecule is CC[C@@H](N)c1ccccc1OCc1nccn1C. The number of benzene rings is 1. The van der Waals surface area contributed by atoms with Crippen LogP contribution in [0.25, 0.3) is 0 Å². The van der Waals surface area contributed by atoms with Crippen molar-refractivity contribution < 1.29 is 4.74 Å². The van der Waals surface area contributed by atoms with Gasteiger partial charge in [-0.2, -0.15) is 0 Å². The van der Waals surface area contributed by atoms with Gasteiger partial charge in [-0.05, 0) is 12.5 Å². The summed E-state index contributed by atoms with van der Waals surface area (Å²) in [4.78, 5) is 4.23. The number of hydrogen-bond donors (Lipinski definition) is 1. The van der Waals surface area contributed by atoms with Crippen molar-refractivity contribution in [1.29, 1.82) is 0 Å². The summed E-state index contributed by atoms with van der Waals surface area (Å²) >= 11 is 0. The molecule has 0 amide bonds. The summed E-state index contributed by atoms with van der Waals surface area (Å²) in [5, 5.41) is 0. The van der Waals surface area contributed by atoms with Crippen molar-refractivity contribution in [2.75, 3.05) is 0 Å². The first-order valence-electron chi connectivity index (χ1n) is 6.16. The van der Waals surface area contributed by atoms with E-state index in [1.807, 2.05) is 42.1 Å². The van der Waals surface area contributed by atoms with E-state index in [1.54, 1.807) is 6.20 Å². The Kier molecular flexibility index (Phi) is 3.99. The Labute approximate surface area is 107 Å². The van der Waals surface area contributed by atoms with Gasteiger partial charge in [-0.25, -0.2) is 4.98 Å². The Morgan fingerprint density at radius 2 is 2.17 bits per heavy atom. The molecule has 0 fully saturated rings. The first-order chi connectivity index (χ1) is 8.72. The summed E-state index contributed by atoms with van der Waals surface area (Å²) in [7, 11) is 1.95. The molecule has 2 N–H and O–H groups in total. The number of rotatable bonds is 5. The minimum Gasteiger partial charge on any atom is -0.485 e. The van der Waals surface area contributed by atoms with Crippen LogP contribution in [-0.4, -0.2) is 9.55 Å². The highest BCUT2D eigenvalue weighted by molar-refractivity contribution is 5.35. The van der Waals surface area contributed by atoms with Gasteiger partial charge in [-0.3, -0.25) is 0 Å². The summed E-state index contributed by atoms with van der Waals surface area (Å²) in [5.41, 5.74) is 7.12. The maximum absolute atomic E-state index is 6.07. The van der Waals surface area contributed by atoms with Crippen LogP contribution in [0.3, 0.4) is 0 Å². The molecule has 0 spiro atoms. The molecule has 1 atom stereocenters. The molecule has 0 aliphatic carbocycles. The Morgan fingerprint density at radius 3 is 2.83 bits per heavy atom. The number of imidazole rings is 1. The predicted octanol–water partition coefficient (Wildman–Crippen LogP) is 2.41. The number of nitrogens with zero attached hydrogens (tertiary/aromatic N) is 2. The number of hydrogen-bond acceptors (Lipinski definition) is 3. The normalized spacial score (nSPS) is 12.4. The van der Waals surface area contributed by atoms with Crippen molar-refractivity contribution in [3.05, 3.63) is 48.0 Å². The third-order valence-corrected chi connectivity index (χ3v) is 3.04. The molecule has 0 saturated carbocycles. The fraction of sp³-hybridized carbons (Fsp3) is 0.357. The van der Waals surface area contributed by atoms with Crippen LogP contribution in [0.1, 0.15) is 30.8 Å². The fourth-order valence-corrected chi connectivity index (χ4v) is 1.82. The van der Waals surface area contributed by atoms with Crippen molar-refractivity contribution in [3.8, 4) is 5.75 Å². The van der Waals surface area contributed by atoms with Crippen molar-refractivity contribution in [1.82, 2.24) is 9.55 Å². The van der Waals surface area contributed by atoms with Crippen LogP contribution >= 0.6 is 0 Å². The summed E-state index contributed by atoms with van der Waals surface area (Å²) < 4.78 is 7.77. The lowest BCUT2D eigenvalue weighted by atomic mass is 10.0. The van der Waals surface area contributed by atoms with Gasteiger partial charge in [0.05, 0.1) is 0 Å². The van der Waals surface area contributed by atoms with Gasteiger partial charge in [0, 0.05) is 31.0 Å². The second-order valence-corrected chi connectivity index (χ2v) is 4.30. The van der Waals surface area contributed by atoms with Crippen LogP contribution in [0.4, 0.5) is 0 Å². The molecule has 4 heteroatoms. The van der Waals surface area contributed by atoms with E-state index in [0.29, 0.717) is 6.61 Å². The third-order valence-electron chi connectivity index (χ3n) is 3.04. The molecule has 96 valence electrons. The van der Waals surface area contributed by atoms with Crippen molar-refractivity contribution in [2.45, 2.75) is 26.0 Å². The highest BCUT2D eigenvalue weighted by Crippen LogP contribution is 2.25. The Bertz CT molecular complexity index is 507. The van der Waals surface area contributed by atoms with Crippen LogP contribution in [0, 0.1) is 0 Å². The lowest BCUT2D eigenvalue weighted by molar-refractivity contribution is 0.287. The standard InChI is InChI=1S/C14H19N3O/c1-3-12(15)11-6-4-5-7-13(11)18-10-14-16-8-9-17(14)2/h4-9,12H,3,10,15H2,1-2H3/t12-/m1/s1. The van der Waals surface area contributed by atoms with E-state index in [0.717, 1.165) is 23.6 Å². The van der Waals surface area contributed by atoms with Gasteiger partial charge in [-0.1, -0.05) is 25.1 Å². The van der Waals surface area contributed by atoms with Gasteiger partial charge < -0.3 is 15.0 Å². The quantitative estimate of drug-likeness (QED) is 0.880. The van der Waals surface area contributed by atoms with Gasteiger partial charge in [-0.15, -0.1) is 0 Å². The molecular formula is C14H19N3O. The molecule has 2 aromatic rings. The maximum atomic E-state index is 6.07. The van der Waals surface area contributed by atoms with Gasteiger partial charge in [0.2, 0.25) is 0 Å². The van der Waals surface area contributed by atoms with Crippen LogP contribution in [0.5, 0.6) is 5.75 Å². The molecule has 1 aromatic heterocycles. The number of para-hydroxylation sites is 1. The first kappa shape index (κ1) is 12.6. The van der Waals surface area contributed by atoms with E-state index in [9.17, 15) is 0 Å². The topological polar surface area (TPSA) is 53.1 Å². The minimum absolute atomic E-state index is 0.0163. The lowest BCUT2D eigenvalue weighted by Gasteiger charge is -2.15. The van der Waals surface area contributed by atoms with Crippen molar-refractivity contribution in [3.63, 3.8) is 0 Å². The smallest absolute Gasteiger partial charge is 0.146 e.